The van der Waals surface area contributed by atoms with Crippen molar-refractivity contribution in [3.05, 3.63) is 24.3 Å². The molecule has 0 aromatic heterocycles. The summed E-state index contributed by atoms with van der Waals surface area (Å²) in [6.07, 6.45) is 5.38. The van der Waals surface area contributed by atoms with Gasteiger partial charge in [-0.1, -0.05) is 26.2 Å². The quantitative estimate of drug-likeness (QED) is 0.665. The van der Waals surface area contributed by atoms with Gasteiger partial charge in [-0.05, 0) is 51.5 Å². The molecule has 0 fully saturated rings. The first-order valence-corrected chi connectivity index (χ1v) is 7.15. The Hall–Kier alpha value is -1.18. The summed E-state index contributed by atoms with van der Waals surface area (Å²) in [5, 5.41) is 3.53. The number of unbranched alkanes of at least 4 members (excludes halogenated alkanes) is 2. The first-order chi connectivity index (χ1) is 8.61. The summed E-state index contributed by atoms with van der Waals surface area (Å²) >= 11 is 0. The fourth-order valence-corrected chi connectivity index (χ4v) is 1.96. The zero-order chi connectivity index (χ0) is 13.4. The summed E-state index contributed by atoms with van der Waals surface area (Å²) < 4.78 is 5.63. The molecule has 1 atom stereocenters. The zero-order valence-corrected chi connectivity index (χ0v) is 12.2. The third-order valence-electron chi connectivity index (χ3n) is 2.88. The Morgan fingerprint density at radius 1 is 1.06 bits per heavy atom. The van der Waals surface area contributed by atoms with Crippen LogP contribution in [0.4, 0.5) is 5.69 Å². The van der Waals surface area contributed by atoms with Gasteiger partial charge >= 0.3 is 0 Å². The molecule has 102 valence electrons. The maximum atomic E-state index is 5.63. The Morgan fingerprint density at radius 3 is 2.28 bits per heavy atom. The third kappa shape index (κ3) is 5.95. The van der Waals surface area contributed by atoms with Crippen LogP contribution in [-0.2, 0) is 0 Å². The third-order valence-corrected chi connectivity index (χ3v) is 2.88. The summed E-state index contributed by atoms with van der Waals surface area (Å²) in [5.41, 5.74) is 1.18. The molecule has 1 rings (SSSR count). The van der Waals surface area contributed by atoms with Gasteiger partial charge in [0.15, 0.2) is 0 Å². The van der Waals surface area contributed by atoms with Crippen molar-refractivity contribution in [2.75, 3.05) is 5.32 Å². The SMILES string of the molecule is CCCCCC(C)Nc1ccc(OC(C)C)cc1. The van der Waals surface area contributed by atoms with Crippen molar-refractivity contribution < 1.29 is 4.74 Å². The molecule has 0 aliphatic rings. The van der Waals surface area contributed by atoms with E-state index in [1.807, 2.05) is 26.0 Å². The Labute approximate surface area is 112 Å². The van der Waals surface area contributed by atoms with Gasteiger partial charge in [-0.2, -0.15) is 0 Å². The Kier molecular flexibility index (Phi) is 6.63. The fraction of sp³-hybridized carbons (Fsp3) is 0.625. The number of nitrogens with one attached hydrogen (secondary N) is 1. The van der Waals surface area contributed by atoms with Crippen molar-refractivity contribution in [3.8, 4) is 5.75 Å². The maximum Gasteiger partial charge on any atom is 0.119 e. The summed E-state index contributed by atoms with van der Waals surface area (Å²) in [5.74, 6) is 0.939. The maximum absolute atomic E-state index is 5.63. The fourth-order valence-electron chi connectivity index (χ4n) is 1.96. The molecule has 0 saturated heterocycles. The molecule has 0 spiro atoms. The van der Waals surface area contributed by atoms with E-state index >= 15 is 0 Å². The summed E-state index contributed by atoms with van der Waals surface area (Å²) in [7, 11) is 0. The Bertz CT molecular complexity index is 318. The molecule has 0 bridgehead atoms. The molecule has 0 amide bonds. The first kappa shape index (κ1) is 14.9. The number of hydrogen-bond donors (Lipinski definition) is 1. The van der Waals surface area contributed by atoms with E-state index in [1.54, 1.807) is 0 Å². The van der Waals surface area contributed by atoms with E-state index < -0.39 is 0 Å². The number of benzene rings is 1. The molecule has 0 heterocycles. The lowest BCUT2D eigenvalue weighted by Crippen LogP contribution is -2.14. The zero-order valence-electron chi connectivity index (χ0n) is 12.2. The van der Waals surface area contributed by atoms with Crippen LogP contribution in [0.5, 0.6) is 5.75 Å². The highest BCUT2D eigenvalue weighted by molar-refractivity contribution is 5.46. The summed E-state index contributed by atoms with van der Waals surface area (Å²) in [4.78, 5) is 0. The van der Waals surface area contributed by atoms with E-state index in [9.17, 15) is 0 Å². The van der Waals surface area contributed by atoms with Crippen molar-refractivity contribution in [1.82, 2.24) is 0 Å². The predicted molar refractivity (Wildman–Crippen MR) is 79.4 cm³/mol. The molecular formula is C16H27NO. The minimum atomic E-state index is 0.233. The first-order valence-electron chi connectivity index (χ1n) is 7.15. The van der Waals surface area contributed by atoms with Crippen LogP contribution < -0.4 is 10.1 Å². The molecule has 1 N–H and O–H groups in total. The predicted octanol–water partition coefficient (Wildman–Crippen LogP) is 4.85. The van der Waals surface area contributed by atoms with Gasteiger partial charge in [0.05, 0.1) is 6.10 Å². The van der Waals surface area contributed by atoms with Gasteiger partial charge in [0.1, 0.15) is 5.75 Å². The normalized spacial score (nSPS) is 12.5. The highest BCUT2D eigenvalue weighted by atomic mass is 16.5. The highest BCUT2D eigenvalue weighted by Crippen LogP contribution is 2.18. The van der Waals surface area contributed by atoms with Gasteiger partial charge < -0.3 is 10.1 Å². The summed E-state index contributed by atoms with van der Waals surface area (Å²) in [6.45, 7) is 8.57. The van der Waals surface area contributed by atoms with Crippen LogP contribution in [0, 0.1) is 0 Å². The van der Waals surface area contributed by atoms with Crippen LogP contribution in [0.2, 0.25) is 0 Å². The van der Waals surface area contributed by atoms with Gasteiger partial charge in [-0.15, -0.1) is 0 Å². The van der Waals surface area contributed by atoms with Crippen molar-refractivity contribution >= 4 is 5.69 Å². The lowest BCUT2D eigenvalue weighted by atomic mass is 10.1. The van der Waals surface area contributed by atoms with Crippen molar-refractivity contribution in [2.45, 2.75) is 65.5 Å². The van der Waals surface area contributed by atoms with Gasteiger partial charge in [0.2, 0.25) is 0 Å². The van der Waals surface area contributed by atoms with Crippen molar-refractivity contribution in [3.63, 3.8) is 0 Å². The van der Waals surface area contributed by atoms with E-state index in [1.165, 1.54) is 31.4 Å². The number of hydrogen-bond acceptors (Lipinski definition) is 2. The van der Waals surface area contributed by atoms with Crippen LogP contribution in [0.15, 0.2) is 24.3 Å². The van der Waals surface area contributed by atoms with Crippen molar-refractivity contribution in [2.24, 2.45) is 0 Å². The van der Waals surface area contributed by atoms with Crippen LogP contribution in [0.3, 0.4) is 0 Å². The number of ether oxygens (including phenoxy) is 1. The van der Waals surface area contributed by atoms with Gasteiger partial charge in [0.25, 0.3) is 0 Å². The van der Waals surface area contributed by atoms with E-state index in [-0.39, 0.29) is 6.10 Å². The number of rotatable bonds is 8. The van der Waals surface area contributed by atoms with E-state index in [4.69, 9.17) is 4.74 Å². The largest absolute Gasteiger partial charge is 0.491 e. The molecule has 0 aliphatic carbocycles. The molecule has 1 unspecified atom stereocenters. The second-order valence-corrected chi connectivity index (χ2v) is 5.23. The molecule has 2 nitrogen and oxygen atoms in total. The smallest absolute Gasteiger partial charge is 0.119 e. The highest BCUT2D eigenvalue weighted by Gasteiger charge is 2.02. The van der Waals surface area contributed by atoms with Crippen LogP contribution in [-0.4, -0.2) is 12.1 Å². The lowest BCUT2D eigenvalue weighted by molar-refractivity contribution is 0.242. The molecule has 18 heavy (non-hydrogen) atoms. The minimum Gasteiger partial charge on any atom is -0.491 e. The van der Waals surface area contributed by atoms with Crippen LogP contribution in [0.25, 0.3) is 0 Å². The van der Waals surface area contributed by atoms with Gasteiger partial charge in [-0.3, -0.25) is 0 Å². The molecule has 0 aliphatic heterocycles. The van der Waals surface area contributed by atoms with E-state index in [0.29, 0.717) is 6.04 Å². The Morgan fingerprint density at radius 2 is 1.72 bits per heavy atom. The molecular weight excluding hydrogens is 222 g/mol. The molecule has 0 saturated carbocycles. The lowest BCUT2D eigenvalue weighted by Gasteiger charge is -2.16. The standard InChI is InChI=1S/C16H27NO/c1-5-6-7-8-14(4)17-15-9-11-16(12-10-15)18-13(2)3/h9-14,17H,5-8H2,1-4H3. The van der Waals surface area contributed by atoms with Gasteiger partial charge in [-0.25, -0.2) is 0 Å². The van der Waals surface area contributed by atoms with Gasteiger partial charge in [0, 0.05) is 11.7 Å². The van der Waals surface area contributed by atoms with Crippen molar-refractivity contribution in [1.29, 1.82) is 0 Å². The topological polar surface area (TPSA) is 21.3 Å². The van der Waals surface area contributed by atoms with E-state index in [0.717, 1.165) is 5.75 Å². The number of anilines is 1. The summed E-state index contributed by atoms with van der Waals surface area (Å²) in [6, 6.07) is 8.78. The molecule has 2 heteroatoms. The van der Waals surface area contributed by atoms with Crippen LogP contribution >= 0.6 is 0 Å². The molecule has 0 radical (unpaired) electrons. The monoisotopic (exact) mass is 249 g/mol. The second kappa shape index (κ2) is 8.02. The minimum absolute atomic E-state index is 0.233. The van der Waals surface area contributed by atoms with E-state index in [2.05, 4.69) is 31.3 Å². The van der Waals surface area contributed by atoms with Crippen LogP contribution in [0.1, 0.15) is 53.4 Å². The average molecular weight is 249 g/mol. The Balaban J connectivity index is 2.38. The average Bonchev–Trinajstić information content (AvgIpc) is 2.31. The second-order valence-electron chi connectivity index (χ2n) is 5.23. The molecule has 1 aromatic carbocycles. The molecule has 1 aromatic rings.